The van der Waals surface area contributed by atoms with Gasteiger partial charge < -0.3 is 4.74 Å². The standard InChI is InChI=1S/C23H19N3O/c1-2-4-19(5-3-1)18-27-23(20-6-12-24-13-7-20,21-8-14-25-15-9-21)22-10-16-26-17-11-22/h1-17H,18H2. The molecule has 4 heteroatoms. The molecule has 0 spiro atoms. The van der Waals surface area contributed by atoms with E-state index in [2.05, 4.69) is 27.1 Å². The van der Waals surface area contributed by atoms with Gasteiger partial charge in [0, 0.05) is 37.2 Å². The van der Waals surface area contributed by atoms with Crippen LogP contribution in [0.3, 0.4) is 0 Å². The van der Waals surface area contributed by atoms with Gasteiger partial charge in [0.05, 0.1) is 6.61 Å². The summed E-state index contributed by atoms with van der Waals surface area (Å²) < 4.78 is 6.69. The van der Waals surface area contributed by atoms with E-state index in [1.165, 1.54) is 0 Å². The fourth-order valence-corrected chi connectivity index (χ4v) is 3.28. The molecular weight excluding hydrogens is 334 g/mol. The van der Waals surface area contributed by atoms with Crippen molar-refractivity contribution in [3.05, 3.63) is 126 Å². The maximum atomic E-state index is 6.69. The molecule has 0 amide bonds. The molecule has 0 saturated carbocycles. The van der Waals surface area contributed by atoms with Crippen LogP contribution < -0.4 is 0 Å². The van der Waals surface area contributed by atoms with E-state index < -0.39 is 5.60 Å². The third-order valence-electron chi connectivity index (χ3n) is 4.56. The molecule has 0 aliphatic rings. The van der Waals surface area contributed by atoms with Crippen LogP contribution in [0.4, 0.5) is 0 Å². The number of ether oxygens (including phenoxy) is 1. The normalized spacial score (nSPS) is 11.3. The van der Waals surface area contributed by atoms with Gasteiger partial charge in [0.15, 0.2) is 0 Å². The number of benzene rings is 1. The summed E-state index contributed by atoms with van der Waals surface area (Å²) in [6.07, 6.45) is 10.7. The Hall–Kier alpha value is -3.37. The van der Waals surface area contributed by atoms with Gasteiger partial charge in [-0.2, -0.15) is 0 Å². The van der Waals surface area contributed by atoms with Gasteiger partial charge in [0.25, 0.3) is 0 Å². The van der Waals surface area contributed by atoms with Crippen molar-refractivity contribution < 1.29 is 4.74 Å². The summed E-state index contributed by atoms with van der Waals surface area (Å²) in [5, 5.41) is 0. The highest BCUT2D eigenvalue weighted by atomic mass is 16.5. The fraction of sp³-hybridized carbons (Fsp3) is 0.0870. The highest BCUT2D eigenvalue weighted by Crippen LogP contribution is 2.40. The van der Waals surface area contributed by atoms with Gasteiger partial charge in [0.1, 0.15) is 5.60 Å². The fourth-order valence-electron chi connectivity index (χ4n) is 3.28. The van der Waals surface area contributed by atoms with E-state index in [4.69, 9.17) is 4.74 Å². The molecule has 27 heavy (non-hydrogen) atoms. The zero-order chi connectivity index (χ0) is 18.4. The first-order valence-corrected chi connectivity index (χ1v) is 8.79. The molecule has 0 aliphatic heterocycles. The minimum absolute atomic E-state index is 0.466. The van der Waals surface area contributed by atoms with Gasteiger partial charge in [-0.05, 0) is 58.7 Å². The zero-order valence-corrected chi connectivity index (χ0v) is 14.8. The molecule has 0 fully saturated rings. The molecule has 0 bridgehead atoms. The Bertz CT molecular complexity index is 865. The minimum atomic E-state index is -0.787. The molecular formula is C23H19N3O. The Morgan fingerprint density at radius 3 is 1.37 bits per heavy atom. The first kappa shape index (κ1) is 17.1. The third-order valence-corrected chi connectivity index (χ3v) is 4.56. The monoisotopic (exact) mass is 353 g/mol. The number of nitrogens with zero attached hydrogens (tertiary/aromatic N) is 3. The summed E-state index contributed by atoms with van der Waals surface area (Å²) in [4.78, 5) is 12.6. The molecule has 0 N–H and O–H groups in total. The number of hydrogen-bond donors (Lipinski definition) is 0. The summed E-state index contributed by atoms with van der Waals surface area (Å²) in [5.41, 5.74) is 3.34. The summed E-state index contributed by atoms with van der Waals surface area (Å²) in [5.74, 6) is 0. The average Bonchev–Trinajstić information content (AvgIpc) is 2.77. The lowest BCUT2D eigenvalue weighted by Gasteiger charge is -2.35. The second-order valence-corrected chi connectivity index (χ2v) is 6.16. The third kappa shape index (κ3) is 3.48. The van der Waals surface area contributed by atoms with E-state index >= 15 is 0 Å². The maximum Gasteiger partial charge on any atom is 0.144 e. The van der Waals surface area contributed by atoms with E-state index in [1.54, 1.807) is 37.2 Å². The summed E-state index contributed by atoms with van der Waals surface area (Å²) >= 11 is 0. The molecule has 0 aliphatic carbocycles. The Kier molecular flexibility index (Phi) is 4.99. The molecule has 4 nitrogen and oxygen atoms in total. The predicted molar refractivity (Wildman–Crippen MR) is 104 cm³/mol. The average molecular weight is 353 g/mol. The van der Waals surface area contributed by atoms with Crippen LogP contribution in [-0.4, -0.2) is 15.0 Å². The number of pyridine rings is 3. The Morgan fingerprint density at radius 1 is 0.556 bits per heavy atom. The summed E-state index contributed by atoms with van der Waals surface area (Å²) in [6, 6.07) is 22.1. The van der Waals surface area contributed by atoms with E-state index in [-0.39, 0.29) is 0 Å². The van der Waals surface area contributed by atoms with Crippen molar-refractivity contribution in [2.24, 2.45) is 0 Å². The molecule has 0 saturated heterocycles. The second kappa shape index (κ2) is 7.89. The molecule has 0 atom stereocenters. The van der Waals surface area contributed by atoms with Gasteiger partial charge in [-0.15, -0.1) is 0 Å². The van der Waals surface area contributed by atoms with Crippen molar-refractivity contribution in [2.45, 2.75) is 12.2 Å². The molecule has 4 aromatic rings. The van der Waals surface area contributed by atoms with Crippen molar-refractivity contribution in [3.8, 4) is 0 Å². The van der Waals surface area contributed by atoms with Crippen LogP contribution >= 0.6 is 0 Å². The highest BCUT2D eigenvalue weighted by Gasteiger charge is 2.37. The van der Waals surface area contributed by atoms with Crippen LogP contribution in [0.15, 0.2) is 104 Å². The lowest BCUT2D eigenvalue weighted by Crippen LogP contribution is -2.33. The highest BCUT2D eigenvalue weighted by molar-refractivity contribution is 5.46. The van der Waals surface area contributed by atoms with Crippen molar-refractivity contribution in [1.82, 2.24) is 15.0 Å². The lowest BCUT2D eigenvalue weighted by molar-refractivity contribution is 0.0000788. The van der Waals surface area contributed by atoms with Crippen LogP contribution in [0.1, 0.15) is 22.3 Å². The van der Waals surface area contributed by atoms with Crippen LogP contribution in [0, 0.1) is 0 Å². The lowest BCUT2D eigenvalue weighted by atomic mass is 9.81. The van der Waals surface area contributed by atoms with Gasteiger partial charge in [-0.25, -0.2) is 0 Å². The van der Waals surface area contributed by atoms with Crippen LogP contribution in [-0.2, 0) is 16.9 Å². The van der Waals surface area contributed by atoms with Gasteiger partial charge in [-0.3, -0.25) is 15.0 Å². The first-order valence-electron chi connectivity index (χ1n) is 8.79. The van der Waals surface area contributed by atoms with Crippen LogP contribution in [0.5, 0.6) is 0 Å². The Balaban J connectivity index is 1.89. The quantitative estimate of drug-likeness (QED) is 0.516. The number of aromatic nitrogens is 3. The largest absolute Gasteiger partial charge is 0.356 e. The van der Waals surface area contributed by atoms with Crippen molar-refractivity contribution in [1.29, 1.82) is 0 Å². The van der Waals surface area contributed by atoms with E-state index in [0.29, 0.717) is 6.61 Å². The summed E-state index contributed by atoms with van der Waals surface area (Å²) in [7, 11) is 0. The molecule has 132 valence electrons. The van der Waals surface area contributed by atoms with E-state index in [9.17, 15) is 0 Å². The maximum absolute atomic E-state index is 6.69. The molecule has 0 unspecified atom stereocenters. The SMILES string of the molecule is c1ccc(COC(c2ccncc2)(c2ccncc2)c2ccncc2)cc1. The van der Waals surface area contributed by atoms with E-state index in [1.807, 2.05) is 54.6 Å². The second-order valence-electron chi connectivity index (χ2n) is 6.16. The van der Waals surface area contributed by atoms with Crippen molar-refractivity contribution >= 4 is 0 Å². The van der Waals surface area contributed by atoms with Crippen molar-refractivity contribution in [3.63, 3.8) is 0 Å². The number of rotatable bonds is 6. The summed E-state index contributed by atoms with van der Waals surface area (Å²) in [6.45, 7) is 0.466. The minimum Gasteiger partial charge on any atom is -0.356 e. The Labute approximate surface area is 158 Å². The Morgan fingerprint density at radius 2 is 0.963 bits per heavy atom. The molecule has 4 rings (SSSR count). The van der Waals surface area contributed by atoms with Gasteiger partial charge in [-0.1, -0.05) is 30.3 Å². The molecule has 3 heterocycles. The van der Waals surface area contributed by atoms with Gasteiger partial charge in [0.2, 0.25) is 0 Å². The number of hydrogen-bond acceptors (Lipinski definition) is 4. The van der Waals surface area contributed by atoms with Crippen molar-refractivity contribution in [2.75, 3.05) is 0 Å². The van der Waals surface area contributed by atoms with Gasteiger partial charge >= 0.3 is 0 Å². The smallest absolute Gasteiger partial charge is 0.144 e. The topological polar surface area (TPSA) is 47.9 Å². The predicted octanol–water partition coefficient (Wildman–Crippen LogP) is 4.38. The van der Waals surface area contributed by atoms with Crippen LogP contribution in [0.25, 0.3) is 0 Å². The molecule has 3 aromatic heterocycles. The van der Waals surface area contributed by atoms with Crippen LogP contribution in [0.2, 0.25) is 0 Å². The first-order chi connectivity index (χ1) is 13.4. The van der Waals surface area contributed by atoms with E-state index in [0.717, 1.165) is 22.3 Å². The molecule has 1 aromatic carbocycles. The molecule has 0 radical (unpaired) electrons. The zero-order valence-electron chi connectivity index (χ0n) is 14.8.